The van der Waals surface area contributed by atoms with E-state index in [2.05, 4.69) is 26.6 Å². The van der Waals surface area contributed by atoms with Crippen LogP contribution in [0.5, 0.6) is 5.75 Å². The summed E-state index contributed by atoms with van der Waals surface area (Å²) in [5.74, 6) is -4.22. The van der Waals surface area contributed by atoms with E-state index in [0.29, 0.717) is 23.3 Å². The minimum atomic E-state index is -1.32. The number of carboxylic acid groups (broad SMARTS) is 1. The summed E-state index contributed by atoms with van der Waals surface area (Å²) in [4.78, 5) is 84.5. The zero-order valence-electron chi connectivity index (χ0n) is 36.1. The van der Waals surface area contributed by atoms with Gasteiger partial charge in [-0.2, -0.15) is 0 Å². The first-order valence-electron chi connectivity index (χ1n) is 21.8. The fourth-order valence-corrected chi connectivity index (χ4v) is 8.42. The summed E-state index contributed by atoms with van der Waals surface area (Å²) in [6, 6.07) is 39.8. The number of carbonyl (C=O) groups excluding carboxylic acids is 5. The second kappa shape index (κ2) is 22.9. The number of ether oxygens (including phenoxy) is 1. The molecule has 0 radical (unpaired) electrons. The quantitative estimate of drug-likeness (QED) is 0.0851. The highest BCUT2D eigenvalue weighted by molar-refractivity contribution is 7.09. The molecule has 6 N–H and O–H groups in total. The van der Waals surface area contributed by atoms with Gasteiger partial charge in [0.05, 0.1) is 0 Å². The molecule has 14 heteroatoms. The highest BCUT2D eigenvalue weighted by Crippen LogP contribution is 2.21. The summed E-state index contributed by atoms with van der Waals surface area (Å²) >= 11 is 1.42. The van der Waals surface area contributed by atoms with E-state index in [1.165, 1.54) is 11.3 Å². The molecule has 0 aliphatic carbocycles. The number of benzene rings is 5. The highest BCUT2D eigenvalue weighted by Gasteiger charge is 2.33. The lowest BCUT2D eigenvalue weighted by Crippen LogP contribution is -2.60. The maximum Gasteiger partial charge on any atom is 0.326 e. The lowest BCUT2D eigenvalue weighted by atomic mass is 9.99. The number of carboxylic acids is 1. The Kier molecular flexibility index (Phi) is 16.1. The normalized spacial score (nSPS) is 18.7. The third-order valence-corrected chi connectivity index (χ3v) is 12.1. The van der Waals surface area contributed by atoms with Crippen LogP contribution in [0.3, 0.4) is 0 Å². The SMILES string of the molecule is O=C1COc2ccc(cc2)C[C@@H](C(=O)N[C@H](Cc2ccccc2)C(=O)O)NC(=O)[C@@H](CCc2ccccc2)NC(=O)[C@H](Cc2ccc(-c3ccccc3)cc2)NC(=O)[C@@H](Cc2cccs2)N1. The van der Waals surface area contributed by atoms with Crippen molar-refractivity contribution < 1.29 is 38.6 Å². The van der Waals surface area contributed by atoms with Crippen molar-refractivity contribution in [1.29, 1.82) is 0 Å². The largest absolute Gasteiger partial charge is 0.484 e. The summed E-state index contributed by atoms with van der Waals surface area (Å²) in [6.07, 6.45) is 0.578. The van der Waals surface area contributed by atoms with Gasteiger partial charge in [-0.15, -0.1) is 11.3 Å². The molecule has 0 fully saturated rings. The predicted octanol–water partition coefficient (Wildman–Crippen LogP) is 5.22. The van der Waals surface area contributed by atoms with Crippen LogP contribution in [-0.4, -0.2) is 77.4 Å². The summed E-state index contributed by atoms with van der Waals surface area (Å²) in [6.45, 7) is -0.423. The third-order valence-electron chi connectivity index (χ3n) is 11.2. The van der Waals surface area contributed by atoms with Gasteiger partial charge < -0.3 is 36.4 Å². The topological polar surface area (TPSA) is 192 Å². The van der Waals surface area contributed by atoms with Crippen molar-refractivity contribution in [1.82, 2.24) is 26.6 Å². The number of hydrogen-bond donors (Lipinski definition) is 6. The molecule has 2 aliphatic heterocycles. The van der Waals surface area contributed by atoms with Gasteiger partial charge in [-0.05, 0) is 69.8 Å². The van der Waals surface area contributed by atoms with Crippen LogP contribution in [0.4, 0.5) is 0 Å². The van der Waals surface area contributed by atoms with Crippen molar-refractivity contribution >= 4 is 46.8 Å². The Morgan fingerprint density at radius 3 is 1.85 bits per heavy atom. The molecule has 5 amide bonds. The zero-order chi connectivity index (χ0) is 46.3. The number of aryl methyl sites for hydroxylation is 1. The Hall–Kier alpha value is -7.58. The number of carbonyl (C=O) groups is 6. The molecule has 5 aromatic carbocycles. The zero-order valence-corrected chi connectivity index (χ0v) is 36.9. The summed E-state index contributed by atoms with van der Waals surface area (Å²) in [7, 11) is 0. The Labute approximate surface area is 387 Å². The molecular weight excluding hydrogens is 855 g/mol. The Morgan fingerprint density at radius 2 is 1.21 bits per heavy atom. The standard InChI is InChI=1S/C52H51N5O8S/c58-47-33-65-40-25-20-37(21-26-40)30-44(50(61)57-46(52(63)64)31-35-13-6-2-7-14-35)55-48(59)42(27-22-34-11-4-1-5-12-34)54-49(60)43(56-51(62)45(53-47)32-41-17-10-28-66-41)29-36-18-23-39(24-19-36)38-15-8-3-9-16-38/h1-21,23-26,28,42-46H,22,27,29-33H2,(H,53,58)(H,54,60)(H,55,59)(H,56,62)(H,57,61)(H,63,64)/t42-,43+,44+,45-,46-/m1/s1. The van der Waals surface area contributed by atoms with Gasteiger partial charge >= 0.3 is 5.97 Å². The number of rotatable bonds is 13. The molecular formula is C52H51N5O8S. The number of aliphatic carboxylic acids is 1. The van der Waals surface area contributed by atoms with Gasteiger partial charge in [-0.25, -0.2) is 4.79 Å². The molecule has 8 rings (SSSR count). The van der Waals surface area contributed by atoms with E-state index in [1.807, 2.05) is 102 Å². The number of hydrogen-bond acceptors (Lipinski definition) is 8. The molecule has 66 heavy (non-hydrogen) atoms. The lowest BCUT2D eigenvalue weighted by molar-refractivity contribution is -0.142. The molecule has 2 bridgehead atoms. The maximum absolute atomic E-state index is 14.7. The first-order valence-corrected chi connectivity index (χ1v) is 22.6. The molecule has 338 valence electrons. The fourth-order valence-electron chi connectivity index (χ4n) is 7.66. The van der Waals surface area contributed by atoms with Crippen LogP contribution in [0.25, 0.3) is 11.1 Å². The number of amides is 5. The predicted molar refractivity (Wildman–Crippen MR) is 251 cm³/mol. The third kappa shape index (κ3) is 13.5. The Morgan fingerprint density at radius 1 is 0.621 bits per heavy atom. The van der Waals surface area contributed by atoms with Gasteiger partial charge in [0.25, 0.3) is 5.91 Å². The van der Waals surface area contributed by atoms with Gasteiger partial charge in [-0.3, -0.25) is 24.0 Å². The van der Waals surface area contributed by atoms with Crippen LogP contribution in [0, 0.1) is 0 Å². The van der Waals surface area contributed by atoms with Crippen molar-refractivity contribution in [3.63, 3.8) is 0 Å². The number of thiophene rings is 1. The molecule has 0 unspecified atom stereocenters. The molecule has 13 nitrogen and oxygen atoms in total. The van der Waals surface area contributed by atoms with Gasteiger partial charge in [0.15, 0.2) is 6.61 Å². The van der Waals surface area contributed by atoms with E-state index in [9.17, 15) is 33.9 Å². The Balaban J connectivity index is 1.22. The van der Waals surface area contributed by atoms with Crippen LogP contribution >= 0.6 is 11.3 Å². The smallest absolute Gasteiger partial charge is 0.326 e. The van der Waals surface area contributed by atoms with Crippen molar-refractivity contribution in [3.8, 4) is 16.9 Å². The number of nitrogens with one attached hydrogen (secondary N) is 5. The summed E-state index contributed by atoms with van der Waals surface area (Å²) < 4.78 is 5.80. The molecule has 5 atom stereocenters. The highest BCUT2D eigenvalue weighted by atomic mass is 32.1. The molecule has 6 aromatic rings. The van der Waals surface area contributed by atoms with Gasteiger partial charge in [0.2, 0.25) is 23.6 Å². The van der Waals surface area contributed by atoms with E-state index >= 15 is 0 Å². The number of fused-ring (bicyclic) bond motifs is 16. The molecule has 3 heterocycles. The van der Waals surface area contributed by atoms with Gasteiger partial charge in [0, 0.05) is 30.6 Å². The van der Waals surface area contributed by atoms with Crippen LogP contribution in [0.1, 0.15) is 33.6 Å². The van der Waals surface area contributed by atoms with Crippen LogP contribution in [0.15, 0.2) is 157 Å². The first-order chi connectivity index (χ1) is 32.1. The van der Waals surface area contributed by atoms with Crippen LogP contribution < -0.4 is 31.3 Å². The summed E-state index contributed by atoms with van der Waals surface area (Å²) in [5.41, 5.74) is 4.85. The van der Waals surface area contributed by atoms with Crippen molar-refractivity contribution in [2.24, 2.45) is 0 Å². The molecule has 2 aliphatic rings. The molecule has 0 spiro atoms. The van der Waals surface area contributed by atoms with Crippen molar-refractivity contribution in [2.45, 2.75) is 68.7 Å². The van der Waals surface area contributed by atoms with Gasteiger partial charge in [-0.1, -0.05) is 133 Å². The minimum absolute atomic E-state index is 0.00573. The molecule has 0 saturated carbocycles. The fraction of sp³-hybridized carbons (Fsp3) is 0.231. The average molecular weight is 906 g/mol. The summed E-state index contributed by atoms with van der Waals surface area (Å²) in [5, 5.41) is 26.1. The average Bonchev–Trinajstić information content (AvgIpc) is 3.85. The second-order valence-electron chi connectivity index (χ2n) is 16.1. The monoisotopic (exact) mass is 905 g/mol. The maximum atomic E-state index is 14.7. The molecule has 0 saturated heterocycles. The van der Waals surface area contributed by atoms with E-state index < -0.39 is 72.3 Å². The van der Waals surface area contributed by atoms with Crippen LogP contribution in [-0.2, 0) is 60.9 Å². The van der Waals surface area contributed by atoms with E-state index in [1.54, 1.807) is 54.6 Å². The minimum Gasteiger partial charge on any atom is -0.484 e. The lowest BCUT2D eigenvalue weighted by Gasteiger charge is -2.27. The van der Waals surface area contributed by atoms with E-state index in [4.69, 9.17) is 4.74 Å². The van der Waals surface area contributed by atoms with E-state index in [0.717, 1.165) is 27.1 Å². The molecule has 1 aromatic heterocycles. The van der Waals surface area contributed by atoms with Crippen molar-refractivity contribution in [3.05, 3.63) is 184 Å². The van der Waals surface area contributed by atoms with Crippen LogP contribution in [0.2, 0.25) is 0 Å². The first kappa shape index (κ1) is 46.4. The van der Waals surface area contributed by atoms with Crippen molar-refractivity contribution in [2.75, 3.05) is 6.61 Å². The Bertz CT molecular complexity index is 2560. The second-order valence-corrected chi connectivity index (χ2v) is 17.1. The van der Waals surface area contributed by atoms with Gasteiger partial charge in [0.1, 0.15) is 36.0 Å². The van der Waals surface area contributed by atoms with E-state index in [-0.39, 0.29) is 32.1 Å².